The van der Waals surface area contributed by atoms with E-state index in [-0.39, 0.29) is 18.9 Å². The highest BCUT2D eigenvalue weighted by molar-refractivity contribution is 5.20. The molecule has 2 atom stereocenters. The highest BCUT2D eigenvalue weighted by atomic mass is 19.4. The lowest BCUT2D eigenvalue weighted by atomic mass is 9.85. The van der Waals surface area contributed by atoms with E-state index < -0.39 is 12.1 Å². The van der Waals surface area contributed by atoms with E-state index in [1.165, 1.54) is 0 Å². The molecule has 1 aliphatic carbocycles. The number of nitrogens with zero attached hydrogens (tertiary/aromatic N) is 1. The van der Waals surface area contributed by atoms with Gasteiger partial charge in [-0.2, -0.15) is 13.2 Å². The number of hydrogen-bond donors (Lipinski definition) is 1. The maximum Gasteiger partial charge on any atom is 0.391 e. The number of halogens is 3. The number of aryl methyl sites for hydroxylation is 2. The molecule has 0 radical (unpaired) electrons. The molecule has 1 aliphatic rings. The van der Waals surface area contributed by atoms with Crippen LogP contribution in [-0.2, 0) is 6.42 Å². The van der Waals surface area contributed by atoms with Crippen LogP contribution in [0.25, 0.3) is 0 Å². The Morgan fingerprint density at radius 2 is 2.05 bits per heavy atom. The van der Waals surface area contributed by atoms with E-state index in [0.717, 1.165) is 29.9 Å². The second-order valence-corrected chi connectivity index (χ2v) is 5.61. The molecule has 0 spiro atoms. The molecule has 0 saturated heterocycles. The van der Waals surface area contributed by atoms with Gasteiger partial charge in [0.2, 0.25) is 0 Å². The smallest absolute Gasteiger partial charge is 0.361 e. The van der Waals surface area contributed by atoms with E-state index in [9.17, 15) is 13.2 Å². The summed E-state index contributed by atoms with van der Waals surface area (Å²) in [5, 5.41) is 7.12. The number of hydrogen-bond acceptors (Lipinski definition) is 3. The van der Waals surface area contributed by atoms with Crippen LogP contribution in [0.1, 0.15) is 42.7 Å². The maximum atomic E-state index is 12.7. The van der Waals surface area contributed by atoms with Gasteiger partial charge in [0.25, 0.3) is 0 Å². The third-order valence-corrected chi connectivity index (χ3v) is 4.13. The number of alkyl halides is 3. The van der Waals surface area contributed by atoms with Crippen LogP contribution in [0.4, 0.5) is 13.2 Å². The SMILES string of the molecule is Cc1noc(C)c1CCN[C@H]1CCC[C@@H](C(F)(F)F)C1. The van der Waals surface area contributed by atoms with Crippen LogP contribution in [0, 0.1) is 19.8 Å². The van der Waals surface area contributed by atoms with Crippen LogP contribution in [-0.4, -0.2) is 23.9 Å². The fourth-order valence-electron chi connectivity index (χ4n) is 2.93. The highest BCUT2D eigenvalue weighted by Gasteiger charge is 2.41. The minimum Gasteiger partial charge on any atom is -0.361 e. The molecule has 1 saturated carbocycles. The molecule has 1 aromatic rings. The lowest BCUT2D eigenvalue weighted by molar-refractivity contribution is -0.183. The van der Waals surface area contributed by atoms with E-state index in [0.29, 0.717) is 13.0 Å². The van der Waals surface area contributed by atoms with Crippen LogP contribution in [0.3, 0.4) is 0 Å². The molecule has 0 amide bonds. The summed E-state index contributed by atoms with van der Waals surface area (Å²) in [5.74, 6) is -0.353. The van der Waals surface area contributed by atoms with Crippen molar-refractivity contribution in [3.8, 4) is 0 Å². The van der Waals surface area contributed by atoms with Crippen molar-refractivity contribution in [2.24, 2.45) is 5.92 Å². The van der Waals surface area contributed by atoms with Crippen molar-refractivity contribution < 1.29 is 17.7 Å². The molecular formula is C14H21F3N2O. The summed E-state index contributed by atoms with van der Waals surface area (Å²) in [5.41, 5.74) is 1.92. The van der Waals surface area contributed by atoms with Gasteiger partial charge in [-0.05, 0) is 46.1 Å². The molecule has 2 rings (SSSR count). The molecule has 0 unspecified atom stereocenters. The van der Waals surface area contributed by atoms with Crippen LogP contribution in [0.2, 0.25) is 0 Å². The fraction of sp³-hybridized carbons (Fsp3) is 0.786. The first-order valence-electron chi connectivity index (χ1n) is 7.09. The maximum absolute atomic E-state index is 12.7. The summed E-state index contributed by atoms with van der Waals surface area (Å²) in [7, 11) is 0. The standard InChI is InChI=1S/C14H21F3N2O/c1-9-13(10(2)20-19-9)6-7-18-12-5-3-4-11(8-12)14(15,16)17/h11-12,18H,3-8H2,1-2H3/t11-,12+/m1/s1. The average molecular weight is 290 g/mol. The molecule has 1 aromatic heterocycles. The summed E-state index contributed by atoms with van der Waals surface area (Å²) in [4.78, 5) is 0. The fourth-order valence-corrected chi connectivity index (χ4v) is 2.93. The predicted molar refractivity (Wildman–Crippen MR) is 69.5 cm³/mol. The first-order valence-corrected chi connectivity index (χ1v) is 7.09. The average Bonchev–Trinajstić information content (AvgIpc) is 2.70. The summed E-state index contributed by atoms with van der Waals surface area (Å²) in [6.07, 6.45) is -1.37. The zero-order valence-electron chi connectivity index (χ0n) is 11.9. The summed E-state index contributed by atoms with van der Waals surface area (Å²) in [6, 6.07) is -0.0316. The molecule has 114 valence electrons. The minimum atomic E-state index is -4.05. The van der Waals surface area contributed by atoms with Gasteiger partial charge in [0, 0.05) is 11.6 Å². The lowest BCUT2D eigenvalue weighted by Crippen LogP contribution is -2.39. The molecule has 3 nitrogen and oxygen atoms in total. The van der Waals surface area contributed by atoms with Crippen LogP contribution in [0.5, 0.6) is 0 Å². The van der Waals surface area contributed by atoms with E-state index >= 15 is 0 Å². The number of rotatable bonds is 4. The Morgan fingerprint density at radius 3 is 2.65 bits per heavy atom. The number of nitrogens with one attached hydrogen (secondary N) is 1. The molecule has 1 heterocycles. The molecule has 1 N–H and O–H groups in total. The van der Waals surface area contributed by atoms with E-state index in [1.54, 1.807) is 0 Å². The lowest BCUT2D eigenvalue weighted by Gasteiger charge is -2.31. The van der Waals surface area contributed by atoms with Gasteiger partial charge in [-0.15, -0.1) is 0 Å². The van der Waals surface area contributed by atoms with Crippen molar-refractivity contribution in [3.63, 3.8) is 0 Å². The van der Waals surface area contributed by atoms with Crippen LogP contribution >= 0.6 is 0 Å². The van der Waals surface area contributed by atoms with Gasteiger partial charge < -0.3 is 9.84 Å². The van der Waals surface area contributed by atoms with Gasteiger partial charge in [-0.1, -0.05) is 11.6 Å². The number of aromatic nitrogens is 1. The van der Waals surface area contributed by atoms with Crippen LogP contribution < -0.4 is 5.32 Å². The van der Waals surface area contributed by atoms with Crippen molar-refractivity contribution in [1.29, 1.82) is 0 Å². The Labute approximate surface area is 116 Å². The quantitative estimate of drug-likeness (QED) is 0.921. The second kappa shape index (κ2) is 6.16. The van der Waals surface area contributed by atoms with Crippen molar-refractivity contribution in [1.82, 2.24) is 10.5 Å². The van der Waals surface area contributed by atoms with Crippen molar-refractivity contribution >= 4 is 0 Å². The molecule has 1 fully saturated rings. The van der Waals surface area contributed by atoms with Crippen molar-refractivity contribution in [3.05, 3.63) is 17.0 Å². The zero-order valence-corrected chi connectivity index (χ0v) is 11.9. The Balaban J connectivity index is 1.80. The monoisotopic (exact) mass is 290 g/mol. The molecule has 0 aliphatic heterocycles. The Hall–Kier alpha value is -1.04. The van der Waals surface area contributed by atoms with Crippen molar-refractivity contribution in [2.75, 3.05) is 6.54 Å². The first kappa shape index (κ1) is 15.4. The van der Waals surface area contributed by atoms with E-state index in [2.05, 4.69) is 10.5 Å². The van der Waals surface area contributed by atoms with Crippen molar-refractivity contribution in [2.45, 2.75) is 58.2 Å². The molecule has 20 heavy (non-hydrogen) atoms. The largest absolute Gasteiger partial charge is 0.391 e. The van der Waals surface area contributed by atoms with Gasteiger partial charge in [-0.25, -0.2) is 0 Å². The van der Waals surface area contributed by atoms with E-state index in [4.69, 9.17) is 4.52 Å². The Morgan fingerprint density at radius 1 is 1.30 bits per heavy atom. The third-order valence-electron chi connectivity index (χ3n) is 4.13. The van der Waals surface area contributed by atoms with E-state index in [1.807, 2.05) is 13.8 Å². The van der Waals surface area contributed by atoms with Crippen LogP contribution in [0.15, 0.2) is 4.52 Å². The molecule has 0 bridgehead atoms. The molecule has 6 heteroatoms. The zero-order chi connectivity index (χ0) is 14.8. The van der Waals surface area contributed by atoms with Gasteiger partial charge in [-0.3, -0.25) is 0 Å². The van der Waals surface area contributed by atoms with Gasteiger partial charge in [0.15, 0.2) is 0 Å². The minimum absolute atomic E-state index is 0.0316. The summed E-state index contributed by atoms with van der Waals surface area (Å²) in [6.45, 7) is 4.40. The van der Waals surface area contributed by atoms with Gasteiger partial charge in [0.05, 0.1) is 11.6 Å². The summed E-state index contributed by atoms with van der Waals surface area (Å²) >= 11 is 0. The highest BCUT2D eigenvalue weighted by Crippen LogP contribution is 2.37. The van der Waals surface area contributed by atoms with Gasteiger partial charge in [0.1, 0.15) is 5.76 Å². The second-order valence-electron chi connectivity index (χ2n) is 5.61. The molecular weight excluding hydrogens is 269 g/mol. The Bertz CT molecular complexity index is 423. The molecule has 0 aromatic carbocycles. The normalized spacial score (nSPS) is 24.1. The predicted octanol–water partition coefficient (Wildman–Crippen LogP) is 3.54. The van der Waals surface area contributed by atoms with Gasteiger partial charge >= 0.3 is 6.18 Å². The topological polar surface area (TPSA) is 38.1 Å². The Kier molecular flexibility index (Phi) is 4.73. The third kappa shape index (κ3) is 3.75. The summed E-state index contributed by atoms with van der Waals surface area (Å²) < 4.78 is 43.2. The first-order chi connectivity index (χ1) is 9.38.